The van der Waals surface area contributed by atoms with Gasteiger partial charge in [0.15, 0.2) is 0 Å². The van der Waals surface area contributed by atoms with Crippen LogP contribution in [0.2, 0.25) is 0 Å². The molecule has 0 amide bonds. The summed E-state index contributed by atoms with van der Waals surface area (Å²) in [4.78, 5) is 21.2. The lowest BCUT2D eigenvalue weighted by atomic mass is 10.1. The van der Waals surface area contributed by atoms with Crippen molar-refractivity contribution in [3.63, 3.8) is 0 Å². The van der Waals surface area contributed by atoms with Crippen LogP contribution in [-0.4, -0.2) is 59.8 Å². The molecule has 0 aromatic heterocycles. The number of carbonyl (C=O) groups is 2. The molecule has 7 heteroatoms. The number of rotatable bonds is 4. The minimum Gasteiger partial charge on any atom is -0.463 e. The minimum absolute atomic E-state index is 0.149. The molecule has 7 nitrogen and oxygen atoms in total. The second-order valence-electron chi connectivity index (χ2n) is 3.80. The fraction of sp³-hybridized carbons (Fsp3) is 0.800. The van der Waals surface area contributed by atoms with E-state index >= 15 is 0 Å². The lowest BCUT2D eigenvalue weighted by Gasteiger charge is -2.13. The normalized spacial score (nSPS) is 32.2. The zero-order chi connectivity index (χ0) is 13.0. The SMILES string of the molecule is CC(=O)OC[C@H]1O[C@H](COC(C)=O)[C@@H](O)[C@@H]1O. The Bertz CT molecular complexity index is 262. The van der Waals surface area contributed by atoms with E-state index < -0.39 is 36.4 Å². The maximum atomic E-state index is 10.6. The van der Waals surface area contributed by atoms with Crippen LogP contribution >= 0.6 is 0 Å². The molecule has 1 aliphatic rings. The van der Waals surface area contributed by atoms with Crippen LogP contribution < -0.4 is 0 Å². The van der Waals surface area contributed by atoms with Crippen molar-refractivity contribution in [3.05, 3.63) is 0 Å². The summed E-state index contributed by atoms with van der Waals surface area (Å²) in [6, 6.07) is 0. The molecule has 1 saturated heterocycles. The molecule has 0 saturated carbocycles. The lowest BCUT2D eigenvalue weighted by molar-refractivity contribution is -0.149. The molecule has 0 spiro atoms. The summed E-state index contributed by atoms with van der Waals surface area (Å²) >= 11 is 0. The van der Waals surface area contributed by atoms with E-state index in [2.05, 4.69) is 9.47 Å². The molecule has 1 aliphatic heterocycles. The number of hydrogen-bond acceptors (Lipinski definition) is 7. The largest absolute Gasteiger partial charge is 0.463 e. The smallest absolute Gasteiger partial charge is 0.302 e. The van der Waals surface area contributed by atoms with Gasteiger partial charge in [-0.3, -0.25) is 9.59 Å². The van der Waals surface area contributed by atoms with Crippen LogP contribution in [0.5, 0.6) is 0 Å². The molecular weight excluding hydrogens is 232 g/mol. The topological polar surface area (TPSA) is 102 Å². The average molecular weight is 248 g/mol. The Hall–Kier alpha value is -1.18. The lowest BCUT2D eigenvalue weighted by Crippen LogP contribution is -2.36. The van der Waals surface area contributed by atoms with E-state index in [-0.39, 0.29) is 13.2 Å². The first kappa shape index (κ1) is 13.9. The zero-order valence-electron chi connectivity index (χ0n) is 9.66. The van der Waals surface area contributed by atoms with Crippen LogP contribution in [0.3, 0.4) is 0 Å². The molecule has 98 valence electrons. The third kappa shape index (κ3) is 3.95. The summed E-state index contributed by atoms with van der Waals surface area (Å²) in [5, 5.41) is 19.2. The van der Waals surface area contributed by atoms with Crippen molar-refractivity contribution < 1.29 is 34.0 Å². The van der Waals surface area contributed by atoms with Crippen molar-refractivity contribution in [2.75, 3.05) is 13.2 Å². The molecule has 0 radical (unpaired) electrons. The van der Waals surface area contributed by atoms with Crippen molar-refractivity contribution in [2.24, 2.45) is 0 Å². The molecule has 17 heavy (non-hydrogen) atoms. The van der Waals surface area contributed by atoms with E-state index in [4.69, 9.17) is 4.74 Å². The number of hydrogen-bond donors (Lipinski definition) is 2. The predicted molar refractivity (Wildman–Crippen MR) is 53.9 cm³/mol. The summed E-state index contributed by atoms with van der Waals surface area (Å²) in [5.41, 5.74) is 0. The van der Waals surface area contributed by atoms with Gasteiger partial charge in [-0.05, 0) is 0 Å². The molecule has 0 unspecified atom stereocenters. The van der Waals surface area contributed by atoms with Gasteiger partial charge in [-0.2, -0.15) is 0 Å². The highest BCUT2D eigenvalue weighted by Gasteiger charge is 2.43. The number of aliphatic hydroxyl groups is 2. The molecule has 1 heterocycles. The monoisotopic (exact) mass is 248 g/mol. The van der Waals surface area contributed by atoms with Crippen molar-refractivity contribution in [1.82, 2.24) is 0 Å². The van der Waals surface area contributed by atoms with Gasteiger partial charge in [0.1, 0.15) is 37.6 Å². The Kier molecular flexibility index (Phi) is 4.86. The second-order valence-corrected chi connectivity index (χ2v) is 3.80. The predicted octanol–water partition coefficient (Wildman–Crippen LogP) is -1.40. The summed E-state index contributed by atoms with van der Waals surface area (Å²) in [6.45, 7) is 2.16. The van der Waals surface area contributed by atoms with Gasteiger partial charge in [-0.15, -0.1) is 0 Å². The maximum Gasteiger partial charge on any atom is 0.302 e. The van der Waals surface area contributed by atoms with Crippen LogP contribution in [0.4, 0.5) is 0 Å². The number of aliphatic hydroxyl groups excluding tert-OH is 2. The Morgan fingerprint density at radius 3 is 1.65 bits per heavy atom. The van der Waals surface area contributed by atoms with Gasteiger partial charge in [-0.1, -0.05) is 0 Å². The second kappa shape index (κ2) is 5.95. The van der Waals surface area contributed by atoms with Gasteiger partial charge >= 0.3 is 11.9 Å². The number of esters is 2. The van der Waals surface area contributed by atoms with E-state index in [9.17, 15) is 19.8 Å². The quantitative estimate of drug-likeness (QED) is 0.590. The third-order valence-electron chi connectivity index (χ3n) is 2.36. The first-order valence-corrected chi connectivity index (χ1v) is 5.20. The maximum absolute atomic E-state index is 10.6. The van der Waals surface area contributed by atoms with Gasteiger partial charge in [0, 0.05) is 13.8 Å². The van der Waals surface area contributed by atoms with Gasteiger partial charge in [0.25, 0.3) is 0 Å². The van der Waals surface area contributed by atoms with Crippen LogP contribution in [0.25, 0.3) is 0 Å². The molecule has 4 atom stereocenters. The van der Waals surface area contributed by atoms with Gasteiger partial charge in [0.2, 0.25) is 0 Å². The molecule has 1 rings (SSSR count). The molecule has 2 N–H and O–H groups in total. The highest BCUT2D eigenvalue weighted by molar-refractivity contribution is 5.66. The molecular formula is C10H16O7. The van der Waals surface area contributed by atoms with E-state index in [1.165, 1.54) is 13.8 Å². The zero-order valence-corrected chi connectivity index (χ0v) is 9.66. The van der Waals surface area contributed by atoms with Crippen molar-refractivity contribution in [2.45, 2.75) is 38.3 Å². The Morgan fingerprint density at radius 2 is 1.35 bits per heavy atom. The number of ether oxygens (including phenoxy) is 3. The van der Waals surface area contributed by atoms with E-state index in [1.54, 1.807) is 0 Å². The summed E-state index contributed by atoms with van der Waals surface area (Å²) in [7, 11) is 0. The Balaban J connectivity index is 2.44. The third-order valence-corrected chi connectivity index (χ3v) is 2.36. The highest BCUT2D eigenvalue weighted by Crippen LogP contribution is 2.22. The average Bonchev–Trinajstić information content (AvgIpc) is 2.51. The van der Waals surface area contributed by atoms with Crippen LogP contribution in [0.15, 0.2) is 0 Å². The van der Waals surface area contributed by atoms with Crippen LogP contribution in [0, 0.1) is 0 Å². The first-order valence-electron chi connectivity index (χ1n) is 5.20. The molecule has 0 bridgehead atoms. The van der Waals surface area contributed by atoms with Crippen LogP contribution in [-0.2, 0) is 23.8 Å². The summed E-state index contributed by atoms with van der Waals surface area (Å²) in [5.74, 6) is -1.00. The number of carbonyl (C=O) groups excluding carboxylic acids is 2. The molecule has 0 aliphatic carbocycles. The van der Waals surface area contributed by atoms with E-state index in [0.717, 1.165) is 0 Å². The summed E-state index contributed by atoms with van der Waals surface area (Å²) in [6.07, 6.45) is -3.96. The van der Waals surface area contributed by atoms with Crippen molar-refractivity contribution >= 4 is 11.9 Å². The fourth-order valence-corrected chi connectivity index (χ4v) is 1.50. The van der Waals surface area contributed by atoms with Crippen molar-refractivity contribution in [3.8, 4) is 0 Å². The first-order chi connectivity index (χ1) is 7.91. The van der Waals surface area contributed by atoms with Crippen molar-refractivity contribution in [1.29, 1.82) is 0 Å². The van der Waals surface area contributed by atoms with Gasteiger partial charge < -0.3 is 24.4 Å². The molecule has 0 aromatic carbocycles. The van der Waals surface area contributed by atoms with Crippen LogP contribution in [0.1, 0.15) is 13.8 Å². The van der Waals surface area contributed by atoms with Gasteiger partial charge in [-0.25, -0.2) is 0 Å². The standard InChI is InChI=1S/C10H16O7/c1-5(11)15-3-7-9(13)10(14)8(17-7)4-16-6(2)12/h7-10,13-14H,3-4H2,1-2H3/t7-,8-,9-,10-/m1/s1. The minimum atomic E-state index is -1.17. The Labute approximate surface area is 98.3 Å². The van der Waals surface area contributed by atoms with E-state index in [1.807, 2.05) is 0 Å². The fourth-order valence-electron chi connectivity index (χ4n) is 1.50. The van der Waals surface area contributed by atoms with Gasteiger partial charge in [0.05, 0.1) is 0 Å². The Morgan fingerprint density at radius 1 is 1.00 bits per heavy atom. The molecule has 1 fully saturated rings. The highest BCUT2D eigenvalue weighted by atomic mass is 16.6. The summed E-state index contributed by atoms with van der Waals surface area (Å²) < 4.78 is 14.6. The van der Waals surface area contributed by atoms with E-state index in [0.29, 0.717) is 0 Å². The molecule has 0 aromatic rings.